The van der Waals surface area contributed by atoms with E-state index in [9.17, 15) is 0 Å². The van der Waals surface area contributed by atoms with Crippen molar-refractivity contribution in [2.24, 2.45) is 0 Å². The van der Waals surface area contributed by atoms with Crippen LogP contribution in [0.2, 0.25) is 0 Å². The van der Waals surface area contributed by atoms with Crippen LogP contribution >= 0.6 is 0 Å². The van der Waals surface area contributed by atoms with E-state index in [0.29, 0.717) is 0 Å². The average molecular weight is 565 g/mol. The van der Waals surface area contributed by atoms with E-state index >= 15 is 0 Å². The van der Waals surface area contributed by atoms with Gasteiger partial charge in [-0.25, -0.2) is 4.98 Å². The molecule has 0 atom stereocenters. The fourth-order valence-corrected chi connectivity index (χ4v) is 7.75. The molecule has 3 aromatic heterocycles. The molecule has 1 aliphatic rings. The number of hydrogen-bond acceptors (Lipinski definition) is 1. The molecule has 1 aliphatic heterocycles. The third kappa shape index (κ3) is 2.95. The number of rotatable bonds is 2. The van der Waals surface area contributed by atoms with Crippen LogP contribution in [0.5, 0.6) is 0 Å². The van der Waals surface area contributed by atoms with Crippen molar-refractivity contribution in [1.82, 2.24) is 18.7 Å². The quantitative estimate of drug-likeness (QED) is 0.205. The summed E-state index contributed by atoms with van der Waals surface area (Å²) in [5, 5.41) is 5.00. The Labute approximate surface area is 254 Å². The molecule has 0 amide bonds. The fraction of sp³-hybridized carbons (Fsp3) is 0.0750. The van der Waals surface area contributed by atoms with Crippen LogP contribution in [-0.4, -0.2) is 18.7 Å². The number of imidazole rings is 1. The molecule has 0 spiro atoms. The van der Waals surface area contributed by atoms with E-state index in [1.54, 1.807) is 0 Å². The summed E-state index contributed by atoms with van der Waals surface area (Å²) >= 11 is 0. The van der Waals surface area contributed by atoms with Crippen LogP contribution in [0.4, 0.5) is 0 Å². The van der Waals surface area contributed by atoms with Crippen molar-refractivity contribution >= 4 is 54.6 Å². The van der Waals surface area contributed by atoms with Gasteiger partial charge in [0.25, 0.3) is 0 Å². The number of nitrogens with zero attached hydrogens (tertiary/aromatic N) is 4. The number of para-hydroxylation sites is 4. The number of benzene rings is 6. The summed E-state index contributed by atoms with van der Waals surface area (Å²) in [5.74, 6) is 1.10. The first-order chi connectivity index (χ1) is 21.6. The smallest absolute Gasteiger partial charge is 0.124 e. The van der Waals surface area contributed by atoms with Gasteiger partial charge in [0.1, 0.15) is 5.82 Å². The van der Waals surface area contributed by atoms with E-state index in [4.69, 9.17) is 4.98 Å². The summed E-state index contributed by atoms with van der Waals surface area (Å²) in [4.78, 5) is 5.27. The van der Waals surface area contributed by atoms with E-state index in [1.165, 1.54) is 60.5 Å². The molecule has 0 unspecified atom stereocenters. The third-order valence-corrected chi connectivity index (χ3v) is 9.75. The van der Waals surface area contributed by atoms with Gasteiger partial charge in [-0.15, -0.1) is 0 Å². The molecule has 6 aromatic carbocycles. The lowest BCUT2D eigenvalue weighted by atomic mass is 9.86. The molecule has 9 aromatic rings. The molecule has 0 aliphatic carbocycles. The highest BCUT2D eigenvalue weighted by Gasteiger charge is 2.38. The molecule has 10 rings (SSSR count). The lowest BCUT2D eigenvalue weighted by molar-refractivity contribution is 0.621. The lowest BCUT2D eigenvalue weighted by Crippen LogP contribution is -2.16. The zero-order chi connectivity index (χ0) is 29.2. The van der Waals surface area contributed by atoms with Crippen molar-refractivity contribution in [2.45, 2.75) is 19.3 Å². The van der Waals surface area contributed by atoms with Gasteiger partial charge in [-0.3, -0.25) is 4.57 Å². The largest absolute Gasteiger partial charge is 0.309 e. The highest BCUT2D eigenvalue weighted by Crippen LogP contribution is 2.45. The second kappa shape index (κ2) is 8.27. The van der Waals surface area contributed by atoms with E-state index < -0.39 is 0 Å². The van der Waals surface area contributed by atoms with Crippen molar-refractivity contribution in [2.75, 3.05) is 0 Å². The van der Waals surface area contributed by atoms with Gasteiger partial charge in [-0.05, 0) is 80.1 Å². The number of hydrogen-bond donors (Lipinski definition) is 0. The SMILES string of the molecule is CC1(C)c2ccccc2-n2c1nc1cc(-n3c4ccccc4c4cc5c(cc43)c3ccccc3n5-c3ccccc3)ccc12. The van der Waals surface area contributed by atoms with Gasteiger partial charge < -0.3 is 9.13 Å². The van der Waals surface area contributed by atoms with Crippen LogP contribution in [0, 0.1) is 0 Å². The minimum absolute atomic E-state index is 0.152. The molecule has 4 heterocycles. The van der Waals surface area contributed by atoms with E-state index in [1.807, 2.05) is 0 Å². The van der Waals surface area contributed by atoms with Gasteiger partial charge >= 0.3 is 0 Å². The standard InChI is InChI=1S/C40H28N4/c1-40(2)31-16-8-11-19-35(31)44-36-21-20-26(22-32(36)41-39(40)44)43-34-18-10-7-15-28(34)30-23-37-29(24-38(30)43)27-14-6-9-17-33(27)42(37)25-12-4-3-5-13-25/h3-24H,1-2H3. The van der Waals surface area contributed by atoms with Gasteiger partial charge in [0.2, 0.25) is 0 Å². The summed E-state index contributed by atoms with van der Waals surface area (Å²) < 4.78 is 7.17. The second-order valence-corrected chi connectivity index (χ2v) is 12.5. The van der Waals surface area contributed by atoms with Crippen molar-refractivity contribution < 1.29 is 0 Å². The molecular formula is C40H28N4. The molecular weight excluding hydrogens is 536 g/mol. The topological polar surface area (TPSA) is 27.7 Å². The van der Waals surface area contributed by atoms with Gasteiger partial charge in [-0.1, -0.05) is 72.8 Å². The third-order valence-electron chi connectivity index (χ3n) is 9.75. The van der Waals surface area contributed by atoms with Gasteiger partial charge in [0.05, 0.1) is 44.2 Å². The van der Waals surface area contributed by atoms with E-state index in [2.05, 4.69) is 161 Å². The zero-order valence-electron chi connectivity index (χ0n) is 24.5. The second-order valence-electron chi connectivity index (χ2n) is 12.5. The average Bonchev–Trinajstić information content (AvgIpc) is 3.76. The number of fused-ring (bicyclic) bond motifs is 11. The first kappa shape index (κ1) is 23.9. The Morgan fingerprint density at radius 1 is 0.455 bits per heavy atom. The Morgan fingerprint density at radius 3 is 1.75 bits per heavy atom. The first-order valence-electron chi connectivity index (χ1n) is 15.2. The maximum Gasteiger partial charge on any atom is 0.124 e. The van der Waals surface area contributed by atoms with Crippen LogP contribution in [0.3, 0.4) is 0 Å². The lowest BCUT2D eigenvalue weighted by Gasteiger charge is -2.17. The van der Waals surface area contributed by atoms with Gasteiger partial charge in [0, 0.05) is 32.9 Å². The summed E-state index contributed by atoms with van der Waals surface area (Å²) in [6.45, 7) is 4.56. The van der Waals surface area contributed by atoms with Crippen molar-refractivity contribution in [3.05, 3.63) is 145 Å². The Kier molecular flexibility index (Phi) is 4.49. The summed E-state index contributed by atoms with van der Waals surface area (Å²) in [5.41, 5.74) is 11.7. The van der Waals surface area contributed by atoms with Crippen LogP contribution in [0.1, 0.15) is 25.2 Å². The van der Waals surface area contributed by atoms with Crippen LogP contribution < -0.4 is 0 Å². The van der Waals surface area contributed by atoms with Crippen molar-refractivity contribution in [3.63, 3.8) is 0 Å². The van der Waals surface area contributed by atoms with Gasteiger partial charge in [0.15, 0.2) is 0 Å². The Morgan fingerprint density at radius 2 is 1.05 bits per heavy atom. The Hall–Kier alpha value is -5.61. The molecule has 4 heteroatoms. The van der Waals surface area contributed by atoms with Crippen LogP contribution in [-0.2, 0) is 5.41 Å². The molecule has 0 bridgehead atoms. The highest BCUT2D eigenvalue weighted by atomic mass is 15.1. The van der Waals surface area contributed by atoms with Gasteiger partial charge in [-0.2, -0.15) is 0 Å². The minimum atomic E-state index is -0.152. The summed E-state index contributed by atoms with van der Waals surface area (Å²) in [6.07, 6.45) is 0. The van der Waals surface area contributed by atoms with Crippen molar-refractivity contribution in [3.8, 4) is 17.1 Å². The Balaban J connectivity index is 1.28. The molecule has 0 N–H and O–H groups in total. The zero-order valence-corrected chi connectivity index (χ0v) is 24.5. The molecule has 0 radical (unpaired) electrons. The van der Waals surface area contributed by atoms with E-state index in [0.717, 1.165) is 22.5 Å². The number of aromatic nitrogens is 4. The molecule has 0 saturated carbocycles. The molecule has 0 saturated heterocycles. The minimum Gasteiger partial charge on any atom is -0.309 e. The highest BCUT2D eigenvalue weighted by molar-refractivity contribution is 6.19. The van der Waals surface area contributed by atoms with Crippen LogP contribution in [0.25, 0.3) is 71.7 Å². The summed E-state index contributed by atoms with van der Waals surface area (Å²) in [7, 11) is 0. The molecule has 4 nitrogen and oxygen atoms in total. The predicted molar refractivity (Wildman–Crippen MR) is 182 cm³/mol. The van der Waals surface area contributed by atoms with Crippen molar-refractivity contribution in [1.29, 1.82) is 0 Å². The summed E-state index contributed by atoms with van der Waals surface area (Å²) in [6, 6.07) is 48.5. The predicted octanol–water partition coefficient (Wildman–Crippen LogP) is 9.86. The molecule has 44 heavy (non-hydrogen) atoms. The fourth-order valence-electron chi connectivity index (χ4n) is 7.75. The maximum atomic E-state index is 5.27. The Bertz CT molecular complexity index is 2630. The van der Waals surface area contributed by atoms with Crippen LogP contribution in [0.15, 0.2) is 133 Å². The molecule has 208 valence electrons. The first-order valence-corrected chi connectivity index (χ1v) is 15.2. The molecule has 0 fully saturated rings. The monoisotopic (exact) mass is 564 g/mol. The maximum absolute atomic E-state index is 5.27. The van der Waals surface area contributed by atoms with E-state index in [-0.39, 0.29) is 5.41 Å². The normalized spacial score (nSPS) is 13.9.